The van der Waals surface area contributed by atoms with E-state index in [2.05, 4.69) is 16.1 Å². The smallest absolute Gasteiger partial charge is 0.329 e. The van der Waals surface area contributed by atoms with Crippen molar-refractivity contribution >= 4 is 11.9 Å². The molecule has 2 rings (SSSR count). The van der Waals surface area contributed by atoms with Gasteiger partial charge >= 0.3 is 5.97 Å². The zero-order chi connectivity index (χ0) is 16.0. The number of ether oxygens (including phenoxy) is 1. The van der Waals surface area contributed by atoms with Crippen LogP contribution in [0.3, 0.4) is 0 Å². The molecule has 7 heteroatoms. The van der Waals surface area contributed by atoms with Crippen LogP contribution >= 0.6 is 0 Å². The van der Waals surface area contributed by atoms with Gasteiger partial charge in [-0.1, -0.05) is 0 Å². The number of carbonyl (C=O) groups excluding carboxylic acids is 1. The fourth-order valence-corrected chi connectivity index (χ4v) is 2.59. The summed E-state index contributed by atoms with van der Waals surface area (Å²) < 4.78 is 5.25. The Bertz CT molecular complexity index is 484. The van der Waals surface area contributed by atoms with Gasteiger partial charge in [0.25, 0.3) is 0 Å². The highest BCUT2D eigenvalue weighted by Crippen LogP contribution is 2.37. The summed E-state index contributed by atoms with van der Waals surface area (Å²) in [7, 11) is 0. The molecule has 7 nitrogen and oxygen atoms in total. The molecule has 1 saturated heterocycles. The second kappa shape index (κ2) is 7.36. The summed E-state index contributed by atoms with van der Waals surface area (Å²) in [6.45, 7) is 0.933. The first-order valence-electron chi connectivity index (χ1n) is 7.53. The Hall–Kier alpha value is -1.94. The molecule has 0 radical (unpaired) electrons. The fourth-order valence-electron chi connectivity index (χ4n) is 2.59. The molecule has 2 heterocycles. The molecule has 2 aliphatic heterocycles. The molecule has 0 atom stereocenters. The quantitative estimate of drug-likeness (QED) is 0.687. The maximum Gasteiger partial charge on any atom is 0.329 e. The molecule has 1 amide bonds. The number of hydrogen-bond acceptors (Lipinski definition) is 5. The molecule has 0 spiro atoms. The van der Waals surface area contributed by atoms with Crippen LogP contribution in [0.4, 0.5) is 0 Å². The van der Waals surface area contributed by atoms with Crippen molar-refractivity contribution in [3.8, 4) is 12.3 Å². The average Bonchev–Trinajstić information content (AvgIpc) is 3.29. The number of piperidine rings is 1. The first kappa shape index (κ1) is 16.4. The molecule has 22 heavy (non-hydrogen) atoms. The first-order valence-corrected chi connectivity index (χ1v) is 7.53. The zero-order valence-corrected chi connectivity index (χ0v) is 12.5. The van der Waals surface area contributed by atoms with Gasteiger partial charge in [0.2, 0.25) is 5.91 Å². The Morgan fingerprint density at radius 1 is 1.32 bits per heavy atom. The van der Waals surface area contributed by atoms with Crippen molar-refractivity contribution in [3.63, 3.8) is 0 Å². The Morgan fingerprint density at radius 3 is 2.55 bits per heavy atom. The van der Waals surface area contributed by atoms with E-state index in [9.17, 15) is 9.59 Å². The maximum atomic E-state index is 12.2. The topological polar surface area (TPSA) is 91.6 Å². The SMILES string of the molecule is C#CCCC1(CCC(=O)N2CCC(OCC(=O)O)CC2)N=N1. The minimum atomic E-state index is -0.965. The summed E-state index contributed by atoms with van der Waals surface area (Å²) >= 11 is 0. The highest BCUT2D eigenvalue weighted by atomic mass is 16.5. The van der Waals surface area contributed by atoms with E-state index < -0.39 is 11.6 Å². The third kappa shape index (κ3) is 4.81. The molecule has 0 bridgehead atoms. The van der Waals surface area contributed by atoms with Gasteiger partial charge in [-0.2, -0.15) is 10.2 Å². The minimum absolute atomic E-state index is 0.0736. The Morgan fingerprint density at radius 2 is 2.00 bits per heavy atom. The number of terminal acetylenes is 1. The predicted molar refractivity (Wildman–Crippen MR) is 78.1 cm³/mol. The molecular weight excluding hydrogens is 286 g/mol. The number of carbonyl (C=O) groups is 2. The fraction of sp³-hybridized carbons (Fsp3) is 0.733. The van der Waals surface area contributed by atoms with Crippen LogP contribution in [-0.4, -0.2) is 53.3 Å². The Labute approximate surface area is 129 Å². The van der Waals surface area contributed by atoms with Crippen molar-refractivity contribution in [1.29, 1.82) is 0 Å². The molecule has 1 N–H and O–H groups in total. The summed E-state index contributed by atoms with van der Waals surface area (Å²) in [5.41, 5.74) is -0.412. The number of rotatable bonds is 8. The lowest BCUT2D eigenvalue weighted by molar-refractivity contribution is -0.146. The van der Waals surface area contributed by atoms with Gasteiger partial charge < -0.3 is 14.7 Å². The lowest BCUT2D eigenvalue weighted by Gasteiger charge is -2.31. The number of likely N-dealkylation sites (tertiary alicyclic amines) is 1. The van der Waals surface area contributed by atoms with E-state index in [0.29, 0.717) is 51.6 Å². The molecular formula is C15H21N3O4. The van der Waals surface area contributed by atoms with Gasteiger partial charge in [0.1, 0.15) is 6.61 Å². The predicted octanol–water partition coefficient (Wildman–Crippen LogP) is 1.43. The van der Waals surface area contributed by atoms with Crippen LogP contribution in [0.25, 0.3) is 0 Å². The zero-order valence-electron chi connectivity index (χ0n) is 12.5. The number of hydrogen-bond donors (Lipinski definition) is 1. The molecule has 0 aromatic heterocycles. The van der Waals surface area contributed by atoms with Crippen LogP contribution in [0, 0.1) is 12.3 Å². The lowest BCUT2D eigenvalue weighted by Crippen LogP contribution is -2.41. The van der Waals surface area contributed by atoms with Gasteiger partial charge in [-0.05, 0) is 12.8 Å². The molecule has 0 aliphatic carbocycles. The van der Waals surface area contributed by atoms with Gasteiger partial charge in [-0.3, -0.25) is 4.79 Å². The summed E-state index contributed by atoms with van der Waals surface area (Å²) in [6, 6.07) is 0. The molecule has 0 saturated carbocycles. The van der Waals surface area contributed by atoms with Crippen molar-refractivity contribution in [2.45, 2.75) is 50.3 Å². The standard InChI is InChI=1S/C15H21N3O4/c1-2-3-7-15(16-17-15)8-4-13(19)18-9-5-12(6-10-18)22-11-14(20)21/h1,12H,3-11H2,(H,20,21). The summed E-state index contributed by atoms with van der Waals surface area (Å²) in [5.74, 6) is 1.70. The van der Waals surface area contributed by atoms with E-state index in [1.807, 2.05) is 0 Å². The second-order valence-corrected chi connectivity index (χ2v) is 5.67. The highest BCUT2D eigenvalue weighted by molar-refractivity contribution is 5.76. The summed E-state index contributed by atoms with van der Waals surface area (Å²) in [4.78, 5) is 24.4. The molecule has 2 aliphatic rings. The van der Waals surface area contributed by atoms with E-state index in [0.717, 1.165) is 0 Å². The Balaban J connectivity index is 1.65. The van der Waals surface area contributed by atoms with Crippen molar-refractivity contribution in [2.24, 2.45) is 10.2 Å². The summed E-state index contributed by atoms with van der Waals surface area (Å²) in [5, 5.41) is 16.6. The van der Waals surface area contributed by atoms with E-state index in [1.54, 1.807) is 4.90 Å². The Kier molecular flexibility index (Phi) is 5.50. The molecule has 1 fully saturated rings. The highest BCUT2D eigenvalue weighted by Gasteiger charge is 2.39. The number of carboxylic acid groups (broad SMARTS) is 1. The first-order chi connectivity index (χ1) is 10.5. The van der Waals surface area contributed by atoms with Crippen molar-refractivity contribution in [1.82, 2.24) is 4.90 Å². The van der Waals surface area contributed by atoms with Gasteiger partial charge in [0, 0.05) is 38.8 Å². The van der Waals surface area contributed by atoms with Crippen LogP contribution in [0.15, 0.2) is 10.2 Å². The monoisotopic (exact) mass is 307 g/mol. The lowest BCUT2D eigenvalue weighted by atomic mass is 10.0. The average molecular weight is 307 g/mol. The molecule has 0 aromatic rings. The van der Waals surface area contributed by atoms with Crippen LogP contribution in [0.2, 0.25) is 0 Å². The number of aliphatic carboxylic acids is 1. The minimum Gasteiger partial charge on any atom is -0.480 e. The normalized spacial score (nSPS) is 19.7. The van der Waals surface area contributed by atoms with Gasteiger partial charge in [-0.25, -0.2) is 4.79 Å². The number of carboxylic acids is 1. The van der Waals surface area contributed by atoms with Gasteiger partial charge in [0.05, 0.1) is 6.10 Å². The maximum absolute atomic E-state index is 12.2. The van der Waals surface area contributed by atoms with Crippen LogP contribution in [-0.2, 0) is 14.3 Å². The third-order valence-corrected chi connectivity index (χ3v) is 4.03. The van der Waals surface area contributed by atoms with Crippen molar-refractivity contribution in [2.75, 3.05) is 19.7 Å². The van der Waals surface area contributed by atoms with E-state index in [4.69, 9.17) is 16.3 Å². The van der Waals surface area contributed by atoms with Crippen molar-refractivity contribution < 1.29 is 19.4 Å². The van der Waals surface area contributed by atoms with E-state index in [-0.39, 0.29) is 18.6 Å². The third-order valence-electron chi connectivity index (χ3n) is 4.03. The van der Waals surface area contributed by atoms with Crippen molar-refractivity contribution in [3.05, 3.63) is 0 Å². The van der Waals surface area contributed by atoms with E-state index in [1.165, 1.54) is 0 Å². The van der Waals surface area contributed by atoms with Gasteiger partial charge in [-0.15, -0.1) is 12.3 Å². The second-order valence-electron chi connectivity index (χ2n) is 5.67. The molecule has 0 aromatic carbocycles. The largest absolute Gasteiger partial charge is 0.480 e. The summed E-state index contributed by atoms with van der Waals surface area (Å²) in [6.07, 6.45) is 8.87. The van der Waals surface area contributed by atoms with Crippen LogP contribution in [0.1, 0.15) is 38.5 Å². The molecule has 0 unspecified atom stereocenters. The van der Waals surface area contributed by atoms with Crippen LogP contribution < -0.4 is 0 Å². The van der Waals surface area contributed by atoms with Crippen LogP contribution in [0.5, 0.6) is 0 Å². The molecule has 120 valence electrons. The number of nitrogens with zero attached hydrogens (tertiary/aromatic N) is 3. The van der Waals surface area contributed by atoms with E-state index >= 15 is 0 Å². The van der Waals surface area contributed by atoms with Gasteiger partial charge in [0.15, 0.2) is 5.66 Å². The number of amides is 1.